The van der Waals surface area contributed by atoms with Crippen molar-refractivity contribution in [2.75, 3.05) is 6.54 Å². The molecule has 5 heteroatoms. The fraction of sp³-hybridized carbons (Fsp3) is 0.538. The molecule has 0 unspecified atom stereocenters. The molecular weight excluding hydrogens is 250 g/mol. The number of hydrogen-bond acceptors (Lipinski definition) is 2. The topological polar surface area (TPSA) is 46.9 Å². The van der Waals surface area contributed by atoms with Crippen LogP contribution in [0.4, 0.5) is 0 Å². The molecule has 0 saturated carbocycles. The SMILES string of the molecule is C[C@@H](C(=O)NCC1=CCCCC1)n1cc(Cl)cn1. The van der Waals surface area contributed by atoms with Gasteiger partial charge in [0.1, 0.15) is 6.04 Å². The quantitative estimate of drug-likeness (QED) is 0.853. The van der Waals surface area contributed by atoms with Crippen molar-refractivity contribution in [1.82, 2.24) is 15.1 Å². The van der Waals surface area contributed by atoms with E-state index in [-0.39, 0.29) is 11.9 Å². The van der Waals surface area contributed by atoms with Crippen LogP contribution in [0.15, 0.2) is 24.0 Å². The number of amides is 1. The maximum absolute atomic E-state index is 12.0. The van der Waals surface area contributed by atoms with Crippen LogP contribution in [-0.2, 0) is 4.79 Å². The molecule has 0 saturated heterocycles. The maximum Gasteiger partial charge on any atom is 0.244 e. The molecule has 0 aliphatic heterocycles. The second kappa shape index (κ2) is 6.05. The van der Waals surface area contributed by atoms with Crippen molar-refractivity contribution < 1.29 is 4.79 Å². The fourth-order valence-electron chi connectivity index (χ4n) is 2.06. The van der Waals surface area contributed by atoms with Crippen molar-refractivity contribution in [2.24, 2.45) is 0 Å². The average molecular weight is 268 g/mol. The van der Waals surface area contributed by atoms with E-state index in [0.29, 0.717) is 11.6 Å². The summed E-state index contributed by atoms with van der Waals surface area (Å²) in [6, 6.07) is -0.332. The highest BCUT2D eigenvalue weighted by atomic mass is 35.5. The summed E-state index contributed by atoms with van der Waals surface area (Å²) < 4.78 is 1.58. The molecule has 1 aromatic heterocycles. The summed E-state index contributed by atoms with van der Waals surface area (Å²) in [6.07, 6.45) is 10.2. The zero-order valence-electron chi connectivity index (χ0n) is 10.5. The van der Waals surface area contributed by atoms with E-state index in [1.54, 1.807) is 10.9 Å². The van der Waals surface area contributed by atoms with Crippen LogP contribution in [0.25, 0.3) is 0 Å². The standard InChI is InChI=1S/C13H18ClN3O/c1-10(17-9-12(14)8-16-17)13(18)15-7-11-5-3-2-4-6-11/h5,8-10H,2-4,6-7H2,1H3,(H,15,18)/t10-/m0/s1. The first kappa shape index (κ1) is 13.1. The van der Waals surface area contributed by atoms with Gasteiger partial charge >= 0.3 is 0 Å². The Morgan fingerprint density at radius 2 is 2.44 bits per heavy atom. The monoisotopic (exact) mass is 267 g/mol. The number of nitrogens with zero attached hydrogens (tertiary/aromatic N) is 2. The van der Waals surface area contributed by atoms with Gasteiger partial charge in [-0.3, -0.25) is 9.48 Å². The van der Waals surface area contributed by atoms with Gasteiger partial charge in [0, 0.05) is 12.7 Å². The summed E-state index contributed by atoms with van der Waals surface area (Å²) in [7, 11) is 0. The van der Waals surface area contributed by atoms with Gasteiger partial charge in [-0.1, -0.05) is 23.3 Å². The Kier molecular flexibility index (Phi) is 4.42. The molecule has 4 nitrogen and oxygen atoms in total. The number of allylic oxidation sites excluding steroid dienone is 1. The smallest absolute Gasteiger partial charge is 0.244 e. The van der Waals surface area contributed by atoms with Crippen molar-refractivity contribution in [3.8, 4) is 0 Å². The maximum atomic E-state index is 12.0. The number of hydrogen-bond donors (Lipinski definition) is 1. The zero-order chi connectivity index (χ0) is 13.0. The van der Waals surface area contributed by atoms with Gasteiger partial charge in [0.2, 0.25) is 5.91 Å². The largest absolute Gasteiger partial charge is 0.351 e. The number of rotatable bonds is 4. The predicted octanol–water partition coefficient (Wildman–Crippen LogP) is 2.71. The second-order valence-electron chi connectivity index (χ2n) is 4.64. The Morgan fingerprint density at radius 1 is 1.61 bits per heavy atom. The van der Waals surface area contributed by atoms with Crippen molar-refractivity contribution in [3.05, 3.63) is 29.1 Å². The molecule has 0 fully saturated rings. The molecule has 1 heterocycles. The van der Waals surface area contributed by atoms with Crippen LogP contribution in [0.5, 0.6) is 0 Å². The van der Waals surface area contributed by atoms with Gasteiger partial charge < -0.3 is 5.32 Å². The van der Waals surface area contributed by atoms with Crippen LogP contribution in [0, 0.1) is 0 Å². The van der Waals surface area contributed by atoms with Crippen molar-refractivity contribution in [1.29, 1.82) is 0 Å². The third kappa shape index (κ3) is 3.35. The Balaban J connectivity index is 1.86. The third-order valence-corrected chi connectivity index (χ3v) is 3.42. The molecule has 2 rings (SSSR count). The minimum atomic E-state index is -0.332. The van der Waals surface area contributed by atoms with Gasteiger partial charge in [0.25, 0.3) is 0 Å². The lowest BCUT2D eigenvalue weighted by molar-refractivity contribution is -0.123. The van der Waals surface area contributed by atoms with Crippen LogP contribution in [0.1, 0.15) is 38.6 Å². The molecule has 0 spiro atoms. The summed E-state index contributed by atoms with van der Waals surface area (Å²) in [5.74, 6) is -0.0266. The minimum Gasteiger partial charge on any atom is -0.351 e. The molecule has 1 aliphatic rings. The van der Waals surface area contributed by atoms with Crippen molar-refractivity contribution in [2.45, 2.75) is 38.6 Å². The highest BCUT2D eigenvalue weighted by molar-refractivity contribution is 6.30. The number of nitrogens with one attached hydrogen (secondary N) is 1. The van der Waals surface area contributed by atoms with E-state index >= 15 is 0 Å². The Morgan fingerprint density at radius 3 is 3.06 bits per heavy atom. The average Bonchev–Trinajstić information content (AvgIpc) is 2.83. The Hall–Kier alpha value is -1.29. The predicted molar refractivity (Wildman–Crippen MR) is 71.5 cm³/mol. The summed E-state index contributed by atoms with van der Waals surface area (Å²) >= 11 is 5.78. The van der Waals surface area contributed by atoms with E-state index in [9.17, 15) is 4.79 Å². The van der Waals surface area contributed by atoms with E-state index < -0.39 is 0 Å². The van der Waals surface area contributed by atoms with E-state index in [2.05, 4.69) is 16.5 Å². The van der Waals surface area contributed by atoms with E-state index in [0.717, 1.165) is 12.8 Å². The minimum absolute atomic E-state index is 0.0266. The van der Waals surface area contributed by atoms with Crippen LogP contribution in [-0.4, -0.2) is 22.2 Å². The van der Waals surface area contributed by atoms with Crippen LogP contribution < -0.4 is 5.32 Å². The highest BCUT2D eigenvalue weighted by Gasteiger charge is 2.16. The van der Waals surface area contributed by atoms with Gasteiger partial charge in [0.05, 0.1) is 11.2 Å². The van der Waals surface area contributed by atoms with E-state index in [1.807, 2.05) is 6.92 Å². The van der Waals surface area contributed by atoms with E-state index in [1.165, 1.54) is 24.6 Å². The molecule has 98 valence electrons. The van der Waals surface area contributed by atoms with Crippen LogP contribution in [0.3, 0.4) is 0 Å². The van der Waals surface area contributed by atoms with Gasteiger partial charge in [-0.05, 0) is 32.6 Å². The lowest BCUT2D eigenvalue weighted by Gasteiger charge is -2.16. The second-order valence-corrected chi connectivity index (χ2v) is 5.08. The first-order valence-corrected chi connectivity index (χ1v) is 6.70. The van der Waals surface area contributed by atoms with Gasteiger partial charge in [-0.2, -0.15) is 5.10 Å². The number of carbonyl (C=O) groups is 1. The number of halogens is 1. The highest BCUT2D eigenvalue weighted by Crippen LogP contribution is 2.16. The lowest BCUT2D eigenvalue weighted by Crippen LogP contribution is -2.32. The molecule has 1 aromatic rings. The normalized spacial score (nSPS) is 17.1. The molecule has 1 atom stereocenters. The summed E-state index contributed by atoms with van der Waals surface area (Å²) in [4.78, 5) is 12.0. The molecule has 1 aliphatic carbocycles. The van der Waals surface area contributed by atoms with Crippen molar-refractivity contribution in [3.63, 3.8) is 0 Å². The molecule has 18 heavy (non-hydrogen) atoms. The number of aromatic nitrogens is 2. The number of carbonyl (C=O) groups excluding carboxylic acids is 1. The molecule has 1 N–H and O–H groups in total. The Labute approximate surface area is 112 Å². The van der Waals surface area contributed by atoms with Gasteiger partial charge in [0.15, 0.2) is 0 Å². The Bertz CT molecular complexity index is 453. The van der Waals surface area contributed by atoms with Crippen LogP contribution in [0.2, 0.25) is 5.02 Å². The molecule has 0 aromatic carbocycles. The summed E-state index contributed by atoms with van der Waals surface area (Å²) in [5, 5.41) is 7.54. The third-order valence-electron chi connectivity index (χ3n) is 3.22. The zero-order valence-corrected chi connectivity index (χ0v) is 11.3. The first-order valence-electron chi connectivity index (χ1n) is 6.32. The van der Waals surface area contributed by atoms with Gasteiger partial charge in [-0.15, -0.1) is 0 Å². The fourth-order valence-corrected chi connectivity index (χ4v) is 2.20. The summed E-state index contributed by atoms with van der Waals surface area (Å²) in [5.41, 5.74) is 1.33. The van der Waals surface area contributed by atoms with E-state index in [4.69, 9.17) is 11.6 Å². The summed E-state index contributed by atoms with van der Waals surface area (Å²) in [6.45, 7) is 2.46. The first-order chi connectivity index (χ1) is 8.66. The molecule has 0 radical (unpaired) electrons. The molecule has 0 bridgehead atoms. The molecular formula is C13H18ClN3O. The molecule has 1 amide bonds. The van der Waals surface area contributed by atoms with Crippen LogP contribution >= 0.6 is 11.6 Å². The lowest BCUT2D eigenvalue weighted by atomic mass is 10.00. The van der Waals surface area contributed by atoms with Crippen molar-refractivity contribution >= 4 is 17.5 Å². The van der Waals surface area contributed by atoms with Gasteiger partial charge in [-0.25, -0.2) is 0 Å².